The van der Waals surface area contributed by atoms with Crippen LogP contribution in [0.25, 0.3) is 0 Å². The Labute approximate surface area is 114 Å². The normalized spacial score (nSPS) is 10.4. The SMILES string of the molecule is Brc1cccc(OCCNCc2ccsc2)c1. The van der Waals surface area contributed by atoms with Crippen LogP contribution >= 0.6 is 27.3 Å². The maximum absolute atomic E-state index is 5.62. The van der Waals surface area contributed by atoms with E-state index in [0.717, 1.165) is 23.3 Å². The molecular formula is C13H14BrNOS. The fourth-order valence-corrected chi connectivity index (χ4v) is 2.47. The molecule has 4 heteroatoms. The van der Waals surface area contributed by atoms with E-state index in [1.807, 2.05) is 24.3 Å². The molecule has 0 unspecified atom stereocenters. The first-order chi connectivity index (χ1) is 8.34. The van der Waals surface area contributed by atoms with Gasteiger partial charge in [0.15, 0.2) is 0 Å². The third-order valence-electron chi connectivity index (χ3n) is 2.25. The van der Waals surface area contributed by atoms with E-state index in [4.69, 9.17) is 4.74 Å². The second-order valence-corrected chi connectivity index (χ2v) is 5.31. The summed E-state index contributed by atoms with van der Waals surface area (Å²) in [6.45, 7) is 2.44. The van der Waals surface area contributed by atoms with Crippen molar-refractivity contribution in [2.75, 3.05) is 13.2 Å². The lowest BCUT2D eigenvalue weighted by molar-refractivity contribution is 0.313. The van der Waals surface area contributed by atoms with Crippen LogP contribution in [0.3, 0.4) is 0 Å². The summed E-state index contributed by atoms with van der Waals surface area (Å²) in [6, 6.07) is 10.0. The second kappa shape index (κ2) is 6.79. The van der Waals surface area contributed by atoms with Gasteiger partial charge < -0.3 is 10.1 Å². The fraction of sp³-hybridized carbons (Fsp3) is 0.231. The van der Waals surface area contributed by atoms with Crippen molar-refractivity contribution in [1.29, 1.82) is 0 Å². The lowest BCUT2D eigenvalue weighted by Crippen LogP contribution is -2.20. The summed E-state index contributed by atoms with van der Waals surface area (Å²) in [6.07, 6.45) is 0. The molecule has 0 atom stereocenters. The van der Waals surface area contributed by atoms with Crippen LogP contribution in [0.2, 0.25) is 0 Å². The summed E-state index contributed by atoms with van der Waals surface area (Å²) >= 11 is 5.14. The number of hydrogen-bond donors (Lipinski definition) is 1. The molecule has 1 N–H and O–H groups in total. The van der Waals surface area contributed by atoms with Gasteiger partial charge in [-0.2, -0.15) is 11.3 Å². The van der Waals surface area contributed by atoms with Gasteiger partial charge in [-0.1, -0.05) is 22.0 Å². The molecule has 0 aliphatic heterocycles. The van der Waals surface area contributed by atoms with Gasteiger partial charge in [0.1, 0.15) is 12.4 Å². The Morgan fingerprint density at radius 1 is 1.29 bits per heavy atom. The van der Waals surface area contributed by atoms with Gasteiger partial charge in [-0.3, -0.25) is 0 Å². The lowest BCUT2D eigenvalue weighted by Gasteiger charge is -2.07. The van der Waals surface area contributed by atoms with Crippen molar-refractivity contribution in [3.05, 3.63) is 51.1 Å². The van der Waals surface area contributed by atoms with Gasteiger partial charge in [-0.25, -0.2) is 0 Å². The molecule has 0 spiro atoms. The smallest absolute Gasteiger partial charge is 0.120 e. The zero-order valence-corrected chi connectivity index (χ0v) is 11.8. The molecule has 0 saturated carbocycles. The average Bonchev–Trinajstić information content (AvgIpc) is 2.82. The maximum Gasteiger partial charge on any atom is 0.120 e. The van der Waals surface area contributed by atoms with Crippen molar-refractivity contribution in [3.63, 3.8) is 0 Å². The van der Waals surface area contributed by atoms with Crippen LogP contribution in [0.1, 0.15) is 5.56 Å². The number of hydrogen-bond acceptors (Lipinski definition) is 3. The van der Waals surface area contributed by atoms with Crippen LogP contribution < -0.4 is 10.1 Å². The summed E-state index contributed by atoms with van der Waals surface area (Å²) in [5.41, 5.74) is 1.33. The lowest BCUT2D eigenvalue weighted by atomic mass is 10.3. The molecule has 2 rings (SSSR count). The molecule has 0 fully saturated rings. The van der Waals surface area contributed by atoms with Gasteiger partial charge in [0.2, 0.25) is 0 Å². The number of ether oxygens (including phenoxy) is 1. The van der Waals surface area contributed by atoms with E-state index >= 15 is 0 Å². The van der Waals surface area contributed by atoms with Crippen molar-refractivity contribution in [1.82, 2.24) is 5.32 Å². The summed E-state index contributed by atoms with van der Waals surface area (Å²) in [5, 5.41) is 7.59. The highest BCUT2D eigenvalue weighted by atomic mass is 79.9. The number of thiophene rings is 1. The predicted octanol–water partition coefficient (Wildman–Crippen LogP) is 3.68. The van der Waals surface area contributed by atoms with E-state index in [1.165, 1.54) is 5.56 Å². The zero-order valence-electron chi connectivity index (χ0n) is 9.36. The molecular weight excluding hydrogens is 298 g/mol. The molecule has 17 heavy (non-hydrogen) atoms. The highest BCUT2D eigenvalue weighted by Crippen LogP contribution is 2.17. The molecule has 0 bridgehead atoms. The Morgan fingerprint density at radius 3 is 3.00 bits per heavy atom. The topological polar surface area (TPSA) is 21.3 Å². The minimum atomic E-state index is 0.681. The standard InChI is InChI=1S/C13H14BrNOS/c14-12-2-1-3-13(8-12)16-6-5-15-9-11-4-7-17-10-11/h1-4,7-8,10,15H,5-6,9H2. The van der Waals surface area contributed by atoms with E-state index in [1.54, 1.807) is 11.3 Å². The van der Waals surface area contributed by atoms with Gasteiger partial charge >= 0.3 is 0 Å². The van der Waals surface area contributed by atoms with Crippen LogP contribution in [0.4, 0.5) is 0 Å². The first kappa shape index (κ1) is 12.6. The molecule has 0 aliphatic carbocycles. The minimum Gasteiger partial charge on any atom is -0.492 e. The summed E-state index contributed by atoms with van der Waals surface area (Å²) in [4.78, 5) is 0. The molecule has 1 aromatic carbocycles. The van der Waals surface area contributed by atoms with Crippen molar-refractivity contribution in [3.8, 4) is 5.75 Å². The van der Waals surface area contributed by atoms with Crippen molar-refractivity contribution in [2.45, 2.75) is 6.54 Å². The van der Waals surface area contributed by atoms with Crippen LogP contribution in [0.15, 0.2) is 45.6 Å². The molecule has 2 aromatic rings. The highest BCUT2D eigenvalue weighted by molar-refractivity contribution is 9.10. The van der Waals surface area contributed by atoms with Crippen molar-refractivity contribution >= 4 is 27.3 Å². The average molecular weight is 312 g/mol. The number of halogens is 1. The third-order valence-corrected chi connectivity index (χ3v) is 3.48. The van der Waals surface area contributed by atoms with E-state index < -0.39 is 0 Å². The van der Waals surface area contributed by atoms with Gasteiger partial charge in [0.05, 0.1) is 0 Å². The van der Waals surface area contributed by atoms with Crippen molar-refractivity contribution < 1.29 is 4.74 Å². The number of benzene rings is 1. The Balaban J connectivity index is 1.63. The predicted molar refractivity (Wildman–Crippen MR) is 75.7 cm³/mol. The molecule has 2 nitrogen and oxygen atoms in total. The van der Waals surface area contributed by atoms with Gasteiger partial charge in [0.25, 0.3) is 0 Å². The Hall–Kier alpha value is -0.840. The second-order valence-electron chi connectivity index (χ2n) is 3.61. The third kappa shape index (κ3) is 4.50. The van der Waals surface area contributed by atoms with E-state index in [-0.39, 0.29) is 0 Å². The molecule has 0 amide bonds. The van der Waals surface area contributed by atoms with Gasteiger partial charge in [0, 0.05) is 17.6 Å². The van der Waals surface area contributed by atoms with E-state index in [9.17, 15) is 0 Å². The monoisotopic (exact) mass is 311 g/mol. The molecule has 0 aliphatic rings. The quantitative estimate of drug-likeness (QED) is 0.822. The first-order valence-electron chi connectivity index (χ1n) is 5.45. The van der Waals surface area contributed by atoms with Crippen molar-refractivity contribution in [2.24, 2.45) is 0 Å². The van der Waals surface area contributed by atoms with E-state index in [2.05, 4.69) is 38.1 Å². The zero-order chi connectivity index (χ0) is 11.9. The number of nitrogens with one attached hydrogen (secondary N) is 1. The number of rotatable bonds is 6. The van der Waals surface area contributed by atoms with Crippen LogP contribution in [0.5, 0.6) is 5.75 Å². The van der Waals surface area contributed by atoms with Crippen LogP contribution in [-0.4, -0.2) is 13.2 Å². The summed E-state index contributed by atoms with van der Waals surface area (Å²) in [7, 11) is 0. The van der Waals surface area contributed by atoms with Crippen LogP contribution in [-0.2, 0) is 6.54 Å². The molecule has 1 heterocycles. The molecule has 90 valence electrons. The Morgan fingerprint density at radius 2 is 2.24 bits per heavy atom. The largest absolute Gasteiger partial charge is 0.492 e. The Bertz CT molecular complexity index is 444. The summed E-state index contributed by atoms with van der Waals surface area (Å²) < 4.78 is 6.66. The molecule has 1 aromatic heterocycles. The van der Waals surface area contributed by atoms with Gasteiger partial charge in [-0.05, 0) is 40.6 Å². The first-order valence-corrected chi connectivity index (χ1v) is 7.18. The molecule has 0 radical (unpaired) electrons. The van der Waals surface area contributed by atoms with Crippen LogP contribution in [0, 0.1) is 0 Å². The fourth-order valence-electron chi connectivity index (χ4n) is 1.42. The highest BCUT2D eigenvalue weighted by Gasteiger charge is 1.95. The van der Waals surface area contributed by atoms with E-state index in [0.29, 0.717) is 6.61 Å². The van der Waals surface area contributed by atoms with Gasteiger partial charge in [-0.15, -0.1) is 0 Å². The summed E-state index contributed by atoms with van der Waals surface area (Å²) in [5.74, 6) is 0.900. The molecule has 0 saturated heterocycles. The maximum atomic E-state index is 5.62. The Kier molecular flexibility index (Phi) is 5.04. The minimum absolute atomic E-state index is 0.681.